The summed E-state index contributed by atoms with van der Waals surface area (Å²) in [4.78, 5) is 47.8. The van der Waals surface area contributed by atoms with Crippen LogP contribution >= 0.6 is 0 Å². The van der Waals surface area contributed by atoms with Gasteiger partial charge >= 0.3 is 5.91 Å². The van der Waals surface area contributed by atoms with Crippen LogP contribution in [0, 0.1) is 19.8 Å². The average Bonchev–Trinajstić information content (AvgIpc) is 2.55. The second kappa shape index (κ2) is 5.99. The molecule has 0 N–H and O–H groups in total. The fourth-order valence-corrected chi connectivity index (χ4v) is 2.14. The number of hydrogen-bond acceptors (Lipinski definition) is 4. The predicted octanol–water partition coefficient (Wildman–Crippen LogP) is 0.570. The van der Waals surface area contributed by atoms with Crippen molar-refractivity contribution in [3.8, 4) is 0 Å². The number of ketones is 2. The van der Waals surface area contributed by atoms with Crippen molar-refractivity contribution in [2.45, 2.75) is 20.8 Å². The van der Waals surface area contributed by atoms with Crippen molar-refractivity contribution in [2.75, 3.05) is 4.90 Å². The molecule has 6 heteroatoms. The molecular weight excluding hydrogens is 269 g/mol. The Morgan fingerprint density at radius 2 is 1.75 bits per heavy atom. The number of hydrogen-bond donors (Lipinski definition) is 0. The van der Waals surface area contributed by atoms with Gasteiger partial charge in [-0.05, 0) is 38.0 Å². The number of rotatable bonds is 2. The van der Waals surface area contributed by atoms with Gasteiger partial charge in [-0.3, -0.25) is 19.2 Å². The average molecular weight is 282 g/mol. The molecule has 1 fully saturated rings. The van der Waals surface area contributed by atoms with Gasteiger partial charge < -0.3 is 0 Å². The Labute approximate surface area is 138 Å². The molecule has 0 aromatic heterocycles. The molecule has 1 heterocycles. The number of anilines is 1. The molecule has 5 nitrogen and oxygen atoms in total. The third-order valence-corrected chi connectivity index (χ3v) is 3.37. The van der Waals surface area contributed by atoms with Crippen molar-refractivity contribution >= 4 is 58.6 Å². The maximum absolute atomic E-state index is 12.1. The Morgan fingerprint density at radius 3 is 2.25 bits per heavy atom. The molecule has 1 unspecified atom stereocenters. The summed E-state index contributed by atoms with van der Waals surface area (Å²) in [6.07, 6.45) is 0. The number of imide groups is 1. The smallest absolute Gasteiger partial charge is 0.299 e. The second-order valence-corrected chi connectivity index (χ2v) is 4.61. The van der Waals surface area contributed by atoms with Gasteiger partial charge in [-0.15, -0.1) is 0 Å². The van der Waals surface area contributed by atoms with Gasteiger partial charge in [0.15, 0.2) is 5.92 Å². The normalized spacial score (nSPS) is 18.2. The Balaban J connectivity index is 0.00000200. The SMILES string of the molecule is CC(=O)C1C(=O)C(=O)N(c2cccc(C)c2C)C1=O.[Na]. The zero-order chi connectivity index (χ0) is 14.3. The summed E-state index contributed by atoms with van der Waals surface area (Å²) in [6.45, 7) is 4.74. The number of nitrogens with zero attached hydrogens (tertiary/aromatic N) is 1. The number of carbonyl (C=O) groups is 4. The van der Waals surface area contributed by atoms with Gasteiger partial charge in [0.2, 0.25) is 5.78 Å². The van der Waals surface area contributed by atoms with Gasteiger partial charge in [0, 0.05) is 29.6 Å². The van der Waals surface area contributed by atoms with Crippen molar-refractivity contribution in [1.29, 1.82) is 0 Å². The summed E-state index contributed by atoms with van der Waals surface area (Å²) in [7, 11) is 0. The zero-order valence-corrected chi connectivity index (χ0v) is 13.9. The van der Waals surface area contributed by atoms with E-state index in [0.717, 1.165) is 23.0 Å². The minimum Gasteiger partial charge on any atom is -0.299 e. The minimum absolute atomic E-state index is 0. The molecule has 99 valence electrons. The molecule has 1 aliphatic rings. The molecule has 1 aromatic carbocycles. The first-order valence-electron chi connectivity index (χ1n) is 5.85. The van der Waals surface area contributed by atoms with Crippen molar-refractivity contribution in [3.05, 3.63) is 29.3 Å². The van der Waals surface area contributed by atoms with Gasteiger partial charge in [-0.1, -0.05) is 12.1 Å². The van der Waals surface area contributed by atoms with Crippen molar-refractivity contribution in [1.82, 2.24) is 0 Å². The molecule has 1 radical (unpaired) electrons. The van der Waals surface area contributed by atoms with E-state index in [9.17, 15) is 19.2 Å². The van der Waals surface area contributed by atoms with Gasteiger partial charge in [0.05, 0.1) is 5.69 Å². The standard InChI is InChI=1S/C14H13NO4.Na/c1-7-5-4-6-10(8(7)2)15-13(18)11(9(3)16)12(17)14(15)19;/h4-6,11H,1-3H3;. The Hall–Kier alpha value is -1.30. The van der Waals surface area contributed by atoms with E-state index in [0.29, 0.717) is 5.69 Å². The van der Waals surface area contributed by atoms with Gasteiger partial charge in [0.25, 0.3) is 5.91 Å². The van der Waals surface area contributed by atoms with Gasteiger partial charge in [-0.25, -0.2) is 4.90 Å². The summed E-state index contributed by atoms with van der Waals surface area (Å²) in [5.74, 6) is -4.71. The fourth-order valence-electron chi connectivity index (χ4n) is 2.14. The first-order chi connectivity index (χ1) is 8.86. The summed E-state index contributed by atoms with van der Waals surface area (Å²) < 4.78 is 0. The number of benzene rings is 1. The summed E-state index contributed by atoms with van der Waals surface area (Å²) in [6, 6.07) is 5.13. The molecule has 1 atom stereocenters. The molecule has 0 spiro atoms. The molecule has 0 bridgehead atoms. The predicted molar refractivity (Wildman–Crippen MR) is 73.3 cm³/mol. The molecule has 2 rings (SSSR count). The van der Waals surface area contributed by atoms with E-state index >= 15 is 0 Å². The Morgan fingerprint density at radius 1 is 1.15 bits per heavy atom. The molecule has 0 aliphatic carbocycles. The number of amides is 2. The molecule has 2 amide bonds. The third-order valence-electron chi connectivity index (χ3n) is 3.37. The van der Waals surface area contributed by atoms with Crippen LogP contribution < -0.4 is 4.90 Å². The number of aryl methyl sites for hydroxylation is 1. The molecule has 20 heavy (non-hydrogen) atoms. The van der Waals surface area contributed by atoms with Crippen LogP contribution in [0.5, 0.6) is 0 Å². The van der Waals surface area contributed by atoms with Crippen LogP contribution in [0.3, 0.4) is 0 Å². The summed E-state index contributed by atoms with van der Waals surface area (Å²) in [5, 5.41) is 0. The van der Waals surface area contributed by atoms with E-state index < -0.39 is 29.3 Å². The van der Waals surface area contributed by atoms with Crippen LogP contribution in [-0.4, -0.2) is 52.9 Å². The maximum Gasteiger partial charge on any atom is 0.302 e. The number of Topliss-reactive ketones (excluding diaryl/α,β-unsaturated/α-hetero) is 2. The van der Waals surface area contributed by atoms with Gasteiger partial charge in [0.1, 0.15) is 5.78 Å². The topological polar surface area (TPSA) is 71.5 Å². The summed E-state index contributed by atoms with van der Waals surface area (Å²) in [5.41, 5.74) is 2.00. The Kier molecular flexibility index (Phi) is 5.02. The van der Waals surface area contributed by atoms with Gasteiger partial charge in [-0.2, -0.15) is 0 Å². The largest absolute Gasteiger partial charge is 0.302 e. The van der Waals surface area contributed by atoms with E-state index in [1.165, 1.54) is 0 Å². The Bertz CT molecular complexity index is 624. The van der Waals surface area contributed by atoms with E-state index in [2.05, 4.69) is 0 Å². The molecule has 1 saturated heterocycles. The molecule has 1 aliphatic heterocycles. The number of carbonyl (C=O) groups excluding carboxylic acids is 4. The first kappa shape index (κ1) is 16.8. The first-order valence-corrected chi connectivity index (χ1v) is 5.85. The van der Waals surface area contributed by atoms with Crippen LogP contribution in [0.15, 0.2) is 18.2 Å². The van der Waals surface area contributed by atoms with Crippen LogP contribution in [0.2, 0.25) is 0 Å². The minimum atomic E-state index is -1.48. The van der Waals surface area contributed by atoms with E-state index in [1.807, 2.05) is 13.0 Å². The monoisotopic (exact) mass is 282 g/mol. The summed E-state index contributed by atoms with van der Waals surface area (Å²) >= 11 is 0. The van der Waals surface area contributed by atoms with Crippen LogP contribution in [0.25, 0.3) is 0 Å². The molecule has 0 saturated carbocycles. The zero-order valence-electron chi connectivity index (χ0n) is 11.9. The van der Waals surface area contributed by atoms with E-state index in [-0.39, 0.29) is 29.6 Å². The van der Waals surface area contributed by atoms with Crippen molar-refractivity contribution < 1.29 is 19.2 Å². The fraction of sp³-hybridized carbons (Fsp3) is 0.286. The van der Waals surface area contributed by atoms with E-state index in [1.54, 1.807) is 19.1 Å². The second-order valence-electron chi connectivity index (χ2n) is 4.61. The van der Waals surface area contributed by atoms with Crippen molar-refractivity contribution in [2.24, 2.45) is 5.92 Å². The van der Waals surface area contributed by atoms with E-state index in [4.69, 9.17) is 0 Å². The maximum atomic E-state index is 12.1. The van der Waals surface area contributed by atoms with Crippen molar-refractivity contribution in [3.63, 3.8) is 0 Å². The van der Waals surface area contributed by atoms with Crippen LogP contribution in [0.1, 0.15) is 18.1 Å². The molecule has 1 aromatic rings. The van der Waals surface area contributed by atoms with Crippen LogP contribution in [-0.2, 0) is 19.2 Å². The quantitative estimate of drug-likeness (QED) is 0.344. The molecular formula is C14H13NNaO4. The van der Waals surface area contributed by atoms with Crippen LogP contribution in [0.4, 0.5) is 5.69 Å². The third kappa shape index (κ3) is 2.49.